The highest BCUT2D eigenvalue weighted by atomic mass is 15.3. The lowest BCUT2D eigenvalue weighted by molar-refractivity contribution is 0.546. The van der Waals surface area contributed by atoms with Gasteiger partial charge in [-0.1, -0.05) is 0 Å². The van der Waals surface area contributed by atoms with Crippen LogP contribution in [0.3, 0.4) is 0 Å². The van der Waals surface area contributed by atoms with Crippen LogP contribution in [0.25, 0.3) is 11.0 Å². The van der Waals surface area contributed by atoms with Gasteiger partial charge in [0.2, 0.25) is 0 Å². The average molecular weight is 175 g/mol. The summed E-state index contributed by atoms with van der Waals surface area (Å²) in [6, 6.07) is 2.47. The first-order valence-corrected chi connectivity index (χ1v) is 4.48. The molecule has 0 saturated carbocycles. The van der Waals surface area contributed by atoms with Gasteiger partial charge in [0.05, 0.1) is 6.20 Å². The molecule has 0 radical (unpaired) electrons. The van der Waals surface area contributed by atoms with E-state index < -0.39 is 0 Å². The molecule has 13 heavy (non-hydrogen) atoms. The zero-order valence-electron chi connectivity index (χ0n) is 8.15. The Morgan fingerprint density at radius 1 is 1.31 bits per heavy atom. The van der Waals surface area contributed by atoms with Gasteiger partial charge in [-0.25, -0.2) is 9.67 Å². The van der Waals surface area contributed by atoms with Gasteiger partial charge >= 0.3 is 0 Å². The number of pyridine rings is 1. The van der Waals surface area contributed by atoms with Crippen molar-refractivity contribution in [2.75, 3.05) is 0 Å². The van der Waals surface area contributed by atoms with E-state index in [0.29, 0.717) is 6.04 Å². The van der Waals surface area contributed by atoms with Crippen molar-refractivity contribution in [1.29, 1.82) is 0 Å². The van der Waals surface area contributed by atoms with E-state index in [1.807, 2.05) is 24.0 Å². The summed E-state index contributed by atoms with van der Waals surface area (Å²) in [5.41, 5.74) is 2.15. The number of nitrogens with zero attached hydrogens (tertiary/aromatic N) is 3. The molecule has 0 fully saturated rings. The zero-order chi connectivity index (χ0) is 9.42. The fourth-order valence-corrected chi connectivity index (χ4v) is 1.43. The molecule has 0 N–H and O–H groups in total. The van der Waals surface area contributed by atoms with Crippen molar-refractivity contribution >= 4 is 11.0 Å². The van der Waals surface area contributed by atoms with Crippen LogP contribution in [0.15, 0.2) is 18.5 Å². The average Bonchev–Trinajstić information content (AvgIpc) is 2.46. The molecule has 3 nitrogen and oxygen atoms in total. The second kappa shape index (κ2) is 2.83. The molecular weight excluding hydrogens is 162 g/mol. The topological polar surface area (TPSA) is 30.7 Å². The minimum atomic E-state index is 0.368. The maximum atomic E-state index is 4.36. The van der Waals surface area contributed by atoms with Crippen LogP contribution in [0.4, 0.5) is 0 Å². The number of hydrogen-bond acceptors (Lipinski definition) is 2. The minimum absolute atomic E-state index is 0.368. The summed E-state index contributed by atoms with van der Waals surface area (Å²) in [5, 5.41) is 5.41. The normalized spacial score (nSPS) is 11.4. The molecule has 0 bridgehead atoms. The summed E-state index contributed by atoms with van der Waals surface area (Å²) < 4.78 is 1.94. The first-order valence-electron chi connectivity index (χ1n) is 4.48. The Morgan fingerprint density at radius 2 is 2.08 bits per heavy atom. The minimum Gasteiger partial charge on any atom is -0.245 e. The third-order valence-corrected chi connectivity index (χ3v) is 2.06. The Kier molecular flexibility index (Phi) is 1.79. The van der Waals surface area contributed by atoms with Gasteiger partial charge in [0.25, 0.3) is 0 Å². The summed E-state index contributed by atoms with van der Waals surface area (Å²) in [5.74, 6) is 0. The second-order valence-corrected chi connectivity index (χ2v) is 3.61. The first-order chi connectivity index (χ1) is 6.18. The lowest BCUT2D eigenvalue weighted by Crippen LogP contribution is -2.02. The lowest BCUT2D eigenvalue weighted by atomic mass is 10.2. The van der Waals surface area contributed by atoms with Gasteiger partial charge in [0.15, 0.2) is 5.65 Å². The molecular formula is C10H13N3. The van der Waals surface area contributed by atoms with Crippen molar-refractivity contribution in [2.24, 2.45) is 0 Å². The molecule has 0 amide bonds. The van der Waals surface area contributed by atoms with Gasteiger partial charge < -0.3 is 0 Å². The Hall–Kier alpha value is -1.38. The molecule has 0 aliphatic heterocycles. The predicted molar refractivity (Wildman–Crippen MR) is 52.7 cm³/mol. The van der Waals surface area contributed by atoms with Crippen molar-refractivity contribution in [1.82, 2.24) is 14.8 Å². The standard InChI is InChI=1S/C10H13N3/c1-7(2)13-10-9(6-12-13)4-8(3)5-11-10/h4-7H,1-3H3. The number of fused-ring (bicyclic) bond motifs is 1. The summed E-state index contributed by atoms with van der Waals surface area (Å²) in [6.07, 6.45) is 3.75. The monoisotopic (exact) mass is 175 g/mol. The van der Waals surface area contributed by atoms with Crippen LogP contribution in [0.1, 0.15) is 25.5 Å². The van der Waals surface area contributed by atoms with Crippen LogP contribution in [0.2, 0.25) is 0 Å². The van der Waals surface area contributed by atoms with Gasteiger partial charge in [-0.15, -0.1) is 0 Å². The van der Waals surface area contributed by atoms with Crippen molar-refractivity contribution in [3.8, 4) is 0 Å². The fourth-order valence-electron chi connectivity index (χ4n) is 1.43. The van der Waals surface area contributed by atoms with E-state index in [1.54, 1.807) is 0 Å². The van der Waals surface area contributed by atoms with Crippen LogP contribution in [0.5, 0.6) is 0 Å². The molecule has 3 heteroatoms. The first kappa shape index (κ1) is 8.23. The Morgan fingerprint density at radius 3 is 2.77 bits per heavy atom. The van der Waals surface area contributed by atoms with E-state index in [1.165, 1.54) is 5.56 Å². The number of aromatic nitrogens is 3. The quantitative estimate of drug-likeness (QED) is 0.666. The molecule has 0 unspecified atom stereocenters. The Balaban J connectivity index is 2.69. The van der Waals surface area contributed by atoms with Crippen molar-refractivity contribution in [2.45, 2.75) is 26.8 Å². The van der Waals surface area contributed by atoms with Crippen molar-refractivity contribution in [3.05, 3.63) is 24.0 Å². The second-order valence-electron chi connectivity index (χ2n) is 3.61. The number of aryl methyl sites for hydroxylation is 1. The number of hydrogen-bond donors (Lipinski definition) is 0. The van der Waals surface area contributed by atoms with Crippen LogP contribution in [0, 0.1) is 6.92 Å². The van der Waals surface area contributed by atoms with Gasteiger partial charge in [0, 0.05) is 17.6 Å². The predicted octanol–water partition coefficient (Wildman–Crippen LogP) is 2.32. The molecule has 2 heterocycles. The largest absolute Gasteiger partial charge is 0.245 e. The maximum Gasteiger partial charge on any atom is 0.157 e. The molecule has 2 aromatic rings. The van der Waals surface area contributed by atoms with Crippen LogP contribution >= 0.6 is 0 Å². The van der Waals surface area contributed by atoms with Crippen LogP contribution in [-0.4, -0.2) is 14.8 Å². The molecule has 0 aliphatic rings. The molecule has 2 rings (SSSR count). The zero-order valence-corrected chi connectivity index (χ0v) is 8.15. The lowest BCUT2D eigenvalue weighted by Gasteiger charge is -2.05. The molecule has 2 aromatic heterocycles. The molecule has 0 aromatic carbocycles. The number of rotatable bonds is 1. The van der Waals surface area contributed by atoms with Crippen LogP contribution < -0.4 is 0 Å². The summed E-state index contributed by atoms with van der Waals surface area (Å²) in [4.78, 5) is 4.36. The highest BCUT2D eigenvalue weighted by molar-refractivity contribution is 5.74. The van der Waals surface area contributed by atoms with Crippen LogP contribution in [-0.2, 0) is 0 Å². The van der Waals surface area contributed by atoms with Crippen molar-refractivity contribution in [3.63, 3.8) is 0 Å². The fraction of sp³-hybridized carbons (Fsp3) is 0.400. The van der Waals surface area contributed by atoms with E-state index in [4.69, 9.17) is 0 Å². The molecule has 68 valence electrons. The highest BCUT2D eigenvalue weighted by Gasteiger charge is 2.05. The van der Waals surface area contributed by atoms with Gasteiger partial charge in [0.1, 0.15) is 0 Å². The van der Waals surface area contributed by atoms with E-state index >= 15 is 0 Å². The molecule has 0 atom stereocenters. The summed E-state index contributed by atoms with van der Waals surface area (Å²) in [7, 11) is 0. The third-order valence-electron chi connectivity index (χ3n) is 2.06. The molecule has 0 aliphatic carbocycles. The van der Waals surface area contributed by atoms with E-state index in [0.717, 1.165) is 11.0 Å². The van der Waals surface area contributed by atoms with E-state index in [-0.39, 0.29) is 0 Å². The smallest absolute Gasteiger partial charge is 0.157 e. The summed E-state index contributed by atoms with van der Waals surface area (Å²) >= 11 is 0. The van der Waals surface area contributed by atoms with E-state index in [9.17, 15) is 0 Å². The molecule has 0 spiro atoms. The summed E-state index contributed by atoms with van der Waals surface area (Å²) in [6.45, 7) is 6.25. The Labute approximate surface area is 77.4 Å². The van der Waals surface area contributed by atoms with Gasteiger partial charge in [-0.3, -0.25) is 0 Å². The SMILES string of the molecule is Cc1cnc2c(cnn2C(C)C)c1. The maximum absolute atomic E-state index is 4.36. The molecule has 0 saturated heterocycles. The van der Waals surface area contributed by atoms with Gasteiger partial charge in [-0.2, -0.15) is 5.10 Å². The third kappa shape index (κ3) is 1.30. The highest BCUT2D eigenvalue weighted by Crippen LogP contribution is 2.15. The Bertz CT molecular complexity index is 429. The van der Waals surface area contributed by atoms with Gasteiger partial charge in [-0.05, 0) is 32.4 Å². The van der Waals surface area contributed by atoms with Crippen molar-refractivity contribution < 1.29 is 0 Å². The van der Waals surface area contributed by atoms with E-state index in [2.05, 4.69) is 30.0 Å².